The molecule has 7 heteroatoms. The van der Waals surface area contributed by atoms with Crippen LogP contribution in [-0.4, -0.2) is 49.1 Å². The topological polar surface area (TPSA) is 66.5 Å². The number of piperazine rings is 1. The van der Waals surface area contributed by atoms with Gasteiger partial charge in [-0.15, -0.1) is 12.4 Å². The van der Waals surface area contributed by atoms with E-state index in [-0.39, 0.29) is 36.3 Å². The van der Waals surface area contributed by atoms with Crippen LogP contribution >= 0.6 is 12.4 Å². The van der Waals surface area contributed by atoms with Crippen LogP contribution in [0.25, 0.3) is 0 Å². The van der Waals surface area contributed by atoms with Crippen LogP contribution in [0.1, 0.15) is 37.1 Å². The summed E-state index contributed by atoms with van der Waals surface area (Å²) in [7, 11) is 1.66. The number of hydrogen-bond acceptors (Lipinski definition) is 5. The predicted molar refractivity (Wildman–Crippen MR) is 117 cm³/mol. The minimum absolute atomic E-state index is 0. The lowest BCUT2D eigenvalue weighted by Crippen LogP contribution is -2.50. The van der Waals surface area contributed by atoms with E-state index >= 15 is 0 Å². The second kappa shape index (κ2) is 11.1. The lowest BCUT2D eigenvalue weighted by Gasteiger charge is -2.36. The lowest BCUT2D eigenvalue weighted by molar-refractivity contribution is -0.124. The average Bonchev–Trinajstić information content (AvgIpc) is 2.73. The molecule has 2 aromatic rings. The van der Waals surface area contributed by atoms with E-state index in [0.717, 1.165) is 36.5 Å². The van der Waals surface area contributed by atoms with Gasteiger partial charge in [-0.2, -0.15) is 0 Å². The second-order valence-corrected chi connectivity index (χ2v) is 7.54. The summed E-state index contributed by atoms with van der Waals surface area (Å²) in [5.74, 6) is 1.15. The van der Waals surface area contributed by atoms with Gasteiger partial charge in [-0.3, -0.25) is 14.7 Å². The van der Waals surface area contributed by atoms with Crippen molar-refractivity contribution in [3.8, 4) is 5.75 Å². The van der Waals surface area contributed by atoms with Gasteiger partial charge in [0.05, 0.1) is 19.7 Å². The Morgan fingerprint density at radius 3 is 2.69 bits per heavy atom. The number of halogens is 1. The molecule has 0 radical (unpaired) electrons. The largest absolute Gasteiger partial charge is 0.497 e. The van der Waals surface area contributed by atoms with E-state index < -0.39 is 0 Å². The van der Waals surface area contributed by atoms with Crippen LogP contribution in [0, 0.1) is 5.92 Å². The van der Waals surface area contributed by atoms with Crippen molar-refractivity contribution in [1.29, 1.82) is 0 Å². The van der Waals surface area contributed by atoms with Crippen molar-refractivity contribution in [2.24, 2.45) is 5.92 Å². The van der Waals surface area contributed by atoms with Crippen molar-refractivity contribution in [2.75, 3.05) is 33.3 Å². The number of aromatic nitrogens is 1. The lowest BCUT2D eigenvalue weighted by atomic mass is 9.96. The molecule has 0 saturated carbocycles. The third-order valence-corrected chi connectivity index (χ3v) is 5.23. The van der Waals surface area contributed by atoms with E-state index in [9.17, 15) is 4.79 Å². The first kappa shape index (κ1) is 23.1. The standard InChI is InChI=1S/C22H30N4O2.ClH/c1-16(2)22(17-6-8-19(28-3)9-7-17)25-21(27)15-26-12-11-24-14-20(26)18-5-4-10-23-13-18;/h4-10,13,16,20,22,24H,11-12,14-15H2,1-3H3,(H,25,27);1H. The monoisotopic (exact) mass is 418 g/mol. The number of carbonyl (C=O) groups excluding carboxylic acids is 1. The smallest absolute Gasteiger partial charge is 0.234 e. The first-order valence-corrected chi connectivity index (χ1v) is 9.86. The van der Waals surface area contributed by atoms with Gasteiger partial charge in [0, 0.05) is 38.1 Å². The zero-order valence-electron chi connectivity index (χ0n) is 17.3. The molecule has 0 bridgehead atoms. The molecule has 0 spiro atoms. The molecule has 2 atom stereocenters. The SMILES string of the molecule is COc1ccc(C(NC(=O)CN2CCNCC2c2cccnc2)C(C)C)cc1.Cl. The van der Waals surface area contributed by atoms with Gasteiger partial charge in [0.2, 0.25) is 5.91 Å². The Morgan fingerprint density at radius 1 is 1.31 bits per heavy atom. The molecule has 3 rings (SSSR count). The fourth-order valence-electron chi connectivity index (χ4n) is 3.69. The molecule has 2 N–H and O–H groups in total. The fraction of sp³-hybridized carbons (Fsp3) is 0.455. The molecule has 1 aliphatic rings. The highest BCUT2D eigenvalue weighted by molar-refractivity contribution is 5.85. The third-order valence-electron chi connectivity index (χ3n) is 5.23. The number of nitrogens with zero attached hydrogens (tertiary/aromatic N) is 2. The molecule has 2 heterocycles. The van der Waals surface area contributed by atoms with Crippen molar-refractivity contribution in [3.63, 3.8) is 0 Å². The zero-order valence-corrected chi connectivity index (χ0v) is 18.1. The van der Waals surface area contributed by atoms with E-state index in [1.54, 1.807) is 13.3 Å². The Hall–Kier alpha value is -2.15. The van der Waals surface area contributed by atoms with E-state index in [4.69, 9.17) is 4.74 Å². The van der Waals surface area contributed by atoms with E-state index in [2.05, 4.69) is 40.4 Å². The number of nitrogens with one attached hydrogen (secondary N) is 2. The summed E-state index contributed by atoms with van der Waals surface area (Å²) in [6.07, 6.45) is 3.66. The molecular weight excluding hydrogens is 388 g/mol. The summed E-state index contributed by atoms with van der Waals surface area (Å²) in [4.78, 5) is 19.3. The van der Waals surface area contributed by atoms with Gasteiger partial charge in [-0.25, -0.2) is 0 Å². The number of rotatable bonds is 7. The number of hydrogen-bond donors (Lipinski definition) is 2. The minimum Gasteiger partial charge on any atom is -0.497 e. The maximum atomic E-state index is 12.9. The van der Waals surface area contributed by atoms with Crippen LogP contribution < -0.4 is 15.4 Å². The summed E-state index contributed by atoms with van der Waals surface area (Å²) in [5.41, 5.74) is 2.23. The number of carbonyl (C=O) groups is 1. The van der Waals surface area contributed by atoms with Gasteiger partial charge in [-0.05, 0) is 35.2 Å². The fourth-order valence-corrected chi connectivity index (χ4v) is 3.69. The third kappa shape index (κ3) is 6.16. The van der Waals surface area contributed by atoms with Crippen LogP contribution in [0.3, 0.4) is 0 Å². The molecule has 1 amide bonds. The summed E-state index contributed by atoms with van der Waals surface area (Å²) < 4.78 is 5.24. The summed E-state index contributed by atoms with van der Waals surface area (Å²) in [5, 5.41) is 6.65. The quantitative estimate of drug-likeness (QED) is 0.723. The first-order valence-electron chi connectivity index (χ1n) is 9.86. The maximum Gasteiger partial charge on any atom is 0.234 e. The highest BCUT2D eigenvalue weighted by Crippen LogP contribution is 2.25. The van der Waals surface area contributed by atoms with Crippen molar-refractivity contribution in [2.45, 2.75) is 25.9 Å². The molecule has 1 saturated heterocycles. The number of amides is 1. The molecule has 0 aliphatic carbocycles. The minimum atomic E-state index is -0.0295. The van der Waals surface area contributed by atoms with Crippen molar-refractivity contribution >= 4 is 18.3 Å². The van der Waals surface area contributed by atoms with Crippen LogP contribution in [0.2, 0.25) is 0 Å². The molecule has 6 nitrogen and oxygen atoms in total. The van der Waals surface area contributed by atoms with E-state index in [1.165, 1.54) is 0 Å². The van der Waals surface area contributed by atoms with Gasteiger partial charge >= 0.3 is 0 Å². The number of methoxy groups -OCH3 is 1. The van der Waals surface area contributed by atoms with E-state index in [0.29, 0.717) is 6.54 Å². The van der Waals surface area contributed by atoms with Crippen molar-refractivity contribution < 1.29 is 9.53 Å². The Kier molecular flexibility index (Phi) is 8.89. The molecule has 1 fully saturated rings. The molecule has 158 valence electrons. The number of benzene rings is 1. The molecule has 1 aromatic heterocycles. The van der Waals surface area contributed by atoms with Gasteiger partial charge in [-0.1, -0.05) is 32.0 Å². The summed E-state index contributed by atoms with van der Waals surface area (Å²) in [6.45, 7) is 7.17. The summed E-state index contributed by atoms with van der Waals surface area (Å²) >= 11 is 0. The zero-order chi connectivity index (χ0) is 19.9. The predicted octanol–water partition coefficient (Wildman–Crippen LogP) is 2.97. The molecule has 2 unspecified atom stereocenters. The number of pyridine rings is 1. The van der Waals surface area contributed by atoms with Crippen molar-refractivity contribution in [1.82, 2.24) is 20.5 Å². The first-order chi connectivity index (χ1) is 13.6. The van der Waals surface area contributed by atoms with E-state index in [1.807, 2.05) is 36.5 Å². The highest BCUT2D eigenvalue weighted by atomic mass is 35.5. The Balaban J connectivity index is 0.00000300. The maximum absolute atomic E-state index is 12.9. The Bertz CT molecular complexity index is 755. The van der Waals surface area contributed by atoms with Crippen LogP contribution in [0.5, 0.6) is 5.75 Å². The van der Waals surface area contributed by atoms with Crippen LogP contribution in [-0.2, 0) is 4.79 Å². The van der Waals surface area contributed by atoms with Crippen LogP contribution in [0.4, 0.5) is 0 Å². The van der Waals surface area contributed by atoms with Gasteiger partial charge in [0.1, 0.15) is 5.75 Å². The Labute approximate surface area is 179 Å². The van der Waals surface area contributed by atoms with Gasteiger partial charge in [0.15, 0.2) is 0 Å². The highest BCUT2D eigenvalue weighted by Gasteiger charge is 2.27. The second-order valence-electron chi connectivity index (χ2n) is 7.54. The average molecular weight is 419 g/mol. The van der Waals surface area contributed by atoms with Crippen LogP contribution in [0.15, 0.2) is 48.8 Å². The molecule has 29 heavy (non-hydrogen) atoms. The normalized spacial score (nSPS) is 18.0. The summed E-state index contributed by atoms with van der Waals surface area (Å²) in [6, 6.07) is 12.1. The molecule has 1 aromatic carbocycles. The van der Waals surface area contributed by atoms with Gasteiger partial charge in [0.25, 0.3) is 0 Å². The van der Waals surface area contributed by atoms with Crippen molar-refractivity contribution in [3.05, 3.63) is 59.9 Å². The molecular formula is C22H31ClN4O2. The van der Waals surface area contributed by atoms with Gasteiger partial charge < -0.3 is 15.4 Å². The number of ether oxygens (including phenoxy) is 1. The Morgan fingerprint density at radius 2 is 2.07 bits per heavy atom. The molecule has 1 aliphatic heterocycles.